The molecule has 0 aliphatic rings. The van der Waals surface area contributed by atoms with Gasteiger partial charge in [-0.3, -0.25) is 4.90 Å². The monoisotopic (exact) mass is 369 g/mol. The van der Waals surface area contributed by atoms with E-state index in [0.29, 0.717) is 13.0 Å². The number of hydrogen-bond donors (Lipinski definition) is 0. The molecule has 0 aliphatic carbocycles. The second-order valence-corrected chi connectivity index (χ2v) is 13.9. The summed E-state index contributed by atoms with van der Waals surface area (Å²) in [7, 11) is -1.95. The van der Waals surface area contributed by atoms with E-state index in [0.717, 1.165) is 0 Å². The minimum absolute atomic E-state index is 0.106. The van der Waals surface area contributed by atoms with Crippen LogP contribution >= 0.6 is 0 Å². The number of amides is 1. The highest BCUT2D eigenvalue weighted by atomic mass is 28.4. The highest BCUT2D eigenvalue weighted by molar-refractivity contribution is 6.74. The van der Waals surface area contributed by atoms with E-state index < -0.39 is 13.9 Å². The van der Waals surface area contributed by atoms with Crippen molar-refractivity contribution < 1.29 is 14.0 Å². The highest BCUT2D eigenvalue weighted by Gasteiger charge is 2.41. The number of carbonyl (C=O) groups excluding carboxylic acids is 1. The van der Waals surface area contributed by atoms with Crippen molar-refractivity contribution in [3.05, 3.63) is 25.3 Å². The van der Waals surface area contributed by atoms with Crippen LogP contribution in [0.25, 0.3) is 0 Å². The summed E-state index contributed by atoms with van der Waals surface area (Å²) in [5.41, 5.74) is -0.543. The molecular formula is C20H39NO3Si. The Bertz CT molecular complexity index is 461. The van der Waals surface area contributed by atoms with E-state index in [1.165, 1.54) is 0 Å². The molecule has 0 rings (SSSR count). The molecule has 0 aromatic carbocycles. The van der Waals surface area contributed by atoms with Crippen LogP contribution in [0.4, 0.5) is 4.79 Å². The maximum atomic E-state index is 12.7. The van der Waals surface area contributed by atoms with Gasteiger partial charge in [0.2, 0.25) is 0 Å². The van der Waals surface area contributed by atoms with Gasteiger partial charge in [0.25, 0.3) is 0 Å². The molecule has 2 atom stereocenters. The summed E-state index contributed by atoms with van der Waals surface area (Å²) < 4.78 is 12.1. The van der Waals surface area contributed by atoms with Crippen LogP contribution in [0.5, 0.6) is 0 Å². The van der Waals surface area contributed by atoms with Crippen LogP contribution in [0.2, 0.25) is 18.1 Å². The van der Waals surface area contributed by atoms with Gasteiger partial charge in [-0.05, 0) is 52.2 Å². The molecule has 0 heterocycles. The first-order valence-electron chi connectivity index (χ1n) is 9.05. The fourth-order valence-corrected chi connectivity index (χ4v) is 3.71. The van der Waals surface area contributed by atoms with Crippen molar-refractivity contribution in [3.63, 3.8) is 0 Å². The van der Waals surface area contributed by atoms with Crippen LogP contribution < -0.4 is 0 Å². The third-order valence-electron chi connectivity index (χ3n) is 4.59. The zero-order valence-electron chi connectivity index (χ0n) is 17.8. The Balaban J connectivity index is 5.52. The van der Waals surface area contributed by atoms with Crippen molar-refractivity contribution in [2.75, 3.05) is 6.54 Å². The van der Waals surface area contributed by atoms with Crippen molar-refractivity contribution >= 4 is 14.4 Å². The smallest absolute Gasteiger partial charge is 0.410 e. The molecule has 5 heteroatoms. The average Bonchev–Trinajstić information content (AvgIpc) is 2.38. The number of rotatable bonds is 8. The van der Waals surface area contributed by atoms with E-state index in [2.05, 4.69) is 47.0 Å². The molecule has 1 amide bonds. The van der Waals surface area contributed by atoms with Crippen molar-refractivity contribution in [1.82, 2.24) is 4.90 Å². The quantitative estimate of drug-likeness (QED) is 0.403. The summed E-state index contributed by atoms with van der Waals surface area (Å²) in [6.45, 7) is 26.8. The van der Waals surface area contributed by atoms with E-state index in [1.807, 2.05) is 33.8 Å². The maximum absolute atomic E-state index is 12.7. The minimum Gasteiger partial charge on any atom is -0.444 e. The Hall–Kier alpha value is -1.07. The Kier molecular flexibility index (Phi) is 8.65. The van der Waals surface area contributed by atoms with Gasteiger partial charge >= 0.3 is 6.09 Å². The van der Waals surface area contributed by atoms with Gasteiger partial charge < -0.3 is 9.16 Å². The maximum Gasteiger partial charge on any atom is 0.410 e. The predicted octanol–water partition coefficient (Wildman–Crippen LogP) is 5.76. The van der Waals surface area contributed by atoms with Gasteiger partial charge in [-0.25, -0.2) is 4.79 Å². The third kappa shape index (κ3) is 7.78. The molecule has 0 saturated carbocycles. The molecule has 0 unspecified atom stereocenters. The van der Waals surface area contributed by atoms with Crippen LogP contribution in [0.1, 0.15) is 54.9 Å². The zero-order valence-corrected chi connectivity index (χ0v) is 18.8. The van der Waals surface area contributed by atoms with Crippen molar-refractivity contribution in [2.24, 2.45) is 0 Å². The summed E-state index contributed by atoms with van der Waals surface area (Å²) >= 11 is 0. The van der Waals surface area contributed by atoms with Gasteiger partial charge in [-0.2, -0.15) is 0 Å². The lowest BCUT2D eigenvalue weighted by molar-refractivity contribution is 0.00316. The number of carbonyl (C=O) groups is 1. The summed E-state index contributed by atoms with van der Waals surface area (Å²) in [6.07, 6.45) is 3.73. The van der Waals surface area contributed by atoms with E-state index in [4.69, 9.17) is 9.16 Å². The summed E-state index contributed by atoms with van der Waals surface area (Å²) in [4.78, 5) is 14.4. The van der Waals surface area contributed by atoms with E-state index in [9.17, 15) is 4.79 Å². The number of ether oxygens (including phenoxy) is 1. The zero-order chi connectivity index (χ0) is 20.1. The number of hydrogen-bond acceptors (Lipinski definition) is 3. The molecule has 0 spiro atoms. The largest absolute Gasteiger partial charge is 0.444 e. The Morgan fingerprint density at radius 3 is 2.00 bits per heavy atom. The first kappa shape index (κ1) is 23.9. The normalized spacial score (nSPS) is 15.2. The van der Waals surface area contributed by atoms with Crippen LogP contribution in [0.15, 0.2) is 25.3 Å². The molecule has 0 aliphatic heterocycles. The second-order valence-electron chi connectivity index (χ2n) is 9.10. The van der Waals surface area contributed by atoms with E-state index in [-0.39, 0.29) is 23.3 Å². The molecule has 0 radical (unpaired) electrons. The van der Waals surface area contributed by atoms with Crippen molar-refractivity contribution in [1.29, 1.82) is 0 Å². The van der Waals surface area contributed by atoms with Gasteiger partial charge in [0.05, 0.1) is 12.1 Å². The van der Waals surface area contributed by atoms with E-state index >= 15 is 0 Å². The lowest BCUT2D eigenvalue weighted by Crippen LogP contribution is -2.53. The fraction of sp³-hybridized carbons (Fsp3) is 0.750. The molecule has 4 nitrogen and oxygen atoms in total. The fourth-order valence-electron chi connectivity index (χ4n) is 2.27. The second kappa shape index (κ2) is 9.04. The molecule has 0 saturated heterocycles. The highest BCUT2D eigenvalue weighted by Crippen LogP contribution is 2.38. The van der Waals surface area contributed by atoms with Gasteiger partial charge in [0, 0.05) is 6.54 Å². The Labute approximate surface area is 156 Å². The van der Waals surface area contributed by atoms with Gasteiger partial charge in [0.15, 0.2) is 8.32 Å². The minimum atomic E-state index is -1.95. The lowest BCUT2D eigenvalue weighted by Gasteiger charge is -2.42. The molecule has 0 bridgehead atoms. The standard InChI is InChI=1S/C20H39NO3Si/c1-12-14-17(16(3)24-25(10,11)20(7,8)9)21(15-13-2)18(22)23-19(4,5)6/h12-13,16-17H,1-2,14-15H2,3-11H3/t16-,17+/m0/s1. The van der Waals surface area contributed by atoms with Gasteiger partial charge in [-0.15, -0.1) is 13.2 Å². The van der Waals surface area contributed by atoms with Gasteiger partial charge in [-0.1, -0.05) is 32.9 Å². The van der Waals surface area contributed by atoms with Crippen molar-refractivity contribution in [3.8, 4) is 0 Å². The summed E-state index contributed by atoms with van der Waals surface area (Å²) in [5.74, 6) is 0. The molecule has 0 fully saturated rings. The van der Waals surface area contributed by atoms with Crippen LogP contribution in [-0.4, -0.2) is 43.6 Å². The molecule has 0 N–H and O–H groups in total. The molecule has 0 aromatic rings. The summed E-state index contributed by atoms with van der Waals surface area (Å²) in [6, 6.07) is -0.139. The topological polar surface area (TPSA) is 38.8 Å². The molecule has 0 aromatic heterocycles. The van der Waals surface area contributed by atoms with Crippen LogP contribution in [-0.2, 0) is 9.16 Å². The Morgan fingerprint density at radius 2 is 1.64 bits per heavy atom. The SMILES string of the molecule is C=CC[C@H]([C@H](C)O[Si](C)(C)C(C)(C)C)N(CC=C)C(=O)OC(C)(C)C. The van der Waals surface area contributed by atoms with Crippen LogP contribution in [0.3, 0.4) is 0 Å². The third-order valence-corrected chi connectivity index (χ3v) is 9.16. The first-order chi connectivity index (χ1) is 11.2. The molecular weight excluding hydrogens is 330 g/mol. The first-order valence-corrected chi connectivity index (χ1v) is 12.0. The van der Waals surface area contributed by atoms with Crippen molar-refractivity contribution in [2.45, 2.75) is 90.8 Å². The lowest BCUT2D eigenvalue weighted by atomic mass is 10.1. The molecule has 146 valence electrons. The van der Waals surface area contributed by atoms with E-state index in [1.54, 1.807) is 11.0 Å². The average molecular weight is 370 g/mol. The predicted molar refractivity (Wildman–Crippen MR) is 109 cm³/mol. The molecule has 25 heavy (non-hydrogen) atoms. The Morgan fingerprint density at radius 1 is 1.12 bits per heavy atom. The number of nitrogens with zero attached hydrogens (tertiary/aromatic N) is 1. The van der Waals surface area contributed by atoms with Crippen LogP contribution in [0, 0.1) is 0 Å². The summed E-state index contributed by atoms with van der Waals surface area (Å²) in [5, 5.41) is 0.106. The van der Waals surface area contributed by atoms with Gasteiger partial charge in [0.1, 0.15) is 5.60 Å².